The Morgan fingerprint density at radius 3 is 2.39 bits per heavy atom. The van der Waals surface area contributed by atoms with E-state index in [0.29, 0.717) is 24.7 Å². The Labute approximate surface area is 109 Å². The number of carbonyl (C=O) groups is 1. The van der Waals surface area contributed by atoms with Crippen molar-refractivity contribution < 1.29 is 9.53 Å². The average molecular weight is 246 g/mol. The monoisotopic (exact) mass is 246 g/mol. The molecule has 0 atom stereocenters. The molecule has 0 heterocycles. The molecule has 2 rings (SSSR count). The minimum atomic E-state index is 0.298. The van der Waals surface area contributed by atoms with Crippen molar-refractivity contribution in [1.29, 1.82) is 0 Å². The number of hydrogen-bond acceptors (Lipinski definition) is 2. The van der Waals surface area contributed by atoms with Crippen LogP contribution in [-0.4, -0.2) is 12.4 Å². The molecule has 1 saturated carbocycles. The van der Waals surface area contributed by atoms with Gasteiger partial charge in [0.1, 0.15) is 11.5 Å². The lowest BCUT2D eigenvalue weighted by molar-refractivity contribution is -0.123. The number of ketones is 1. The highest BCUT2D eigenvalue weighted by molar-refractivity contribution is 5.81. The Bertz CT molecular complexity index is 351. The Hall–Kier alpha value is -1.31. The summed E-state index contributed by atoms with van der Waals surface area (Å²) >= 11 is 0. The zero-order valence-electron chi connectivity index (χ0n) is 10.9. The standard InChI is InChI=1S/C16H22O2/c17-16(14-8-4-1-2-5-9-14)12-13-18-15-10-6-3-7-11-15/h3,6-7,10-11,14H,1-2,4-5,8-9,12-13H2. The Morgan fingerprint density at radius 1 is 1.06 bits per heavy atom. The van der Waals surface area contributed by atoms with E-state index >= 15 is 0 Å². The number of para-hydroxylation sites is 1. The lowest BCUT2D eigenvalue weighted by atomic mass is 9.94. The highest BCUT2D eigenvalue weighted by Gasteiger charge is 2.19. The van der Waals surface area contributed by atoms with Gasteiger partial charge in [-0.25, -0.2) is 0 Å². The molecule has 0 saturated heterocycles. The zero-order chi connectivity index (χ0) is 12.6. The smallest absolute Gasteiger partial charge is 0.139 e. The molecule has 1 fully saturated rings. The number of ether oxygens (including phenoxy) is 1. The molecule has 1 aromatic carbocycles. The summed E-state index contributed by atoms with van der Waals surface area (Å²) in [5, 5.41) is 0. The quantitative estimate of drug-likeness (QED) is 0.734. The first kappa shape index (κ1) is 13.1. The zero-order valence-corrected chi connectivity index (χ0v) is 10.9. The van der Waals surface area contributed by atoms with Gasteiger partial charge in [-0.1, -0.05) is 43.9 Å². The fourth-order valence-corrected chi connectivity index (χ4v) is 2.59. The minimum Gasteiger partial charge on any atom is -0.493 e. The Balaban J connectivity index is 1.71. The first-order valence-electron chi connectivity index (χ1n) is 7.07. The van der Waals surface area contributed by atoms with Crippen molar-refractivity contribution >= 4 is 5.78 Å². The van der Waals surface area contributed by atoms with Gasteiger partial charge in [0.15, 0.2) is 0 Å². The summed E-state index contributed by atoms with van der Waals surface area (Å²) in [6.45, 7) is 0.513. The summed E-state index contributed by atoms with van der Waals surface area (Å²) in [4.78, 5) is 12.1. The van der Waals surface area contributed by atoms with Crippen LogP contribution in [0.3, 0.4) is 0 Å². The third-order valence-electron chi connectivity index (χ3n) is 3.67. The van der Waals surface area contributed by atoms with Crippen LogP contribution in [0.1, 0.15) is 44.9 Å². The first-order chi connectivity index (χ1) is 8.86. The summed E-state index contributed by atoms with van der Waals surface area (Å²) in [6.07, 6.45) is 7.76. The van der Waals surface area contributed by atoms with Crippen molar-refractivity contribution in [2.45, 2.75) is 44.9 Å². The molecule has 0 amide bonds. The van der Waals surface area contributed by atoms with Gasteiger partial charge in [-0.15, -0.1) is 0 Å². The largest absolute Gasteiger partial charge is 0.493 e. The van der Waals surface area contributed by atoms with Crippen LogP contribution in [-0.2, 0) is 4.79 Å². The second kappa shape index (κ2) is 7.20. The van der Waals surface area contributed by atoms with Gasteiger partial charge in [0.2, 0.25) is 0 Å². The predicted octanol–water partition coefficient (Wildman–Crippen LogP) is 4.00. The number of benzene rings is 1. The van der Waals surface area contributed by atoms with Crippen LogP contribution >= 0.6 is 0 Å². The van der Waals surface area contributed by atoms with E-state index in [1.54, 1.807) is 0 Å². The fourth-order valence-electron chi connectivity index (χ4n) is 2.59. The number of hydrogen-bond donors (Lipinski definition) is 0. The molecule has 1 aliphatic carbocycles. The van der Waals surface area contributed by atoms with E-state index in [-0.39, 0.29) is 0 Å². The van der Waals surface area contributed by atoms with E-state index in [1.165, 1.54) is 25.7 Å². The summed E-state index contributed by atoms with van der Waals surface area (Å²) in [7, 11) is 0. The van der Waals surface area contributed by atoms with Crippen LogP contribution in [0.25, 0.3) is 0 Å². The first-order valence-corrected chi connectivity index (χ1v) is 7.07. The molecule has 0 N–H and O–H groups in total. The summed E-state index contributed by atoms with van der Waals surface area (Å²) < 4.78 is 5.58. The van der Waals surface area contributed by atoms with E-state index in [0.717, 1.165) is 18.6 Å². The van der Waals surface area contributed by atoms with Gasteiger partial charge in [0, 0.05) is 12.3 Å². The van der Waals surface area contributed by atoms with Crippen molar-refractivity contribution in [1.82, 2.24) is 0 Å². The van der Waals surface area contributed by atoms with E-state index in [2.05, 4.69) is 0 Å². The normalized spacial score (nSPS) is 17.1. The van der Waals surface area contributed by atoms with Crippen molar-refractivity contribution in [3.8, 4) is 5.75 Å². The average Bonchev–Trinajstić information content (AvgIpc) is 2.69. The summed E-state index contributed by atoms with van der Waals surface area (Å²) in [5.41, 5.74) is 0. The minimum absolute atomic E-state index is 0.298. The van der Waals surface area contributed by atoms with Gasteiger partial charge in [0.25, 0.3) is 0 Å². The molecule has 1 aliphatic rings. The third kappa shape index (κ3) is 4.17. The molecule has 0 bridgehead atoms. The molecule has 2 heteroatoms. The van der Waals surface area contributed by atoms with Crippen LogP contribution in [0.5, 0.6) is 5.75 Å². The molecule has 0 radical (unpaired) electrons. The molecular formula is C16H22O2. The van der Waals surface area contributed by atoms with Gasteiger partial charge >= 0.3 is 0 Å². The van der Waals surface area contributed by atoms with Gasteiger partial charge < -0.3 is 4.74 Å². The van der Waals surface area contributed by atoms with Crippen LogP contribution < -0.4 is 4.74 Å². The number of Topliss-reactive ketones (excluding diaryl/α,β-unsaturated/α-hetero) is 1. The molecule has 18 heavy (non-hydrogen) atoms. The second-order valence-corrected chi connectivity index (χ2v) is 5.07. The molecule has 1 aromatic rings. The van der Waals surface area contributed by atoms with E-state index < -0.39 is 0 Å². The van der Waals surface area contributed by atoms with E-state index in [9.17, 15) is 4.79 Å². The van der Waals surface area contributed by atoms with Crippen LogP contribution in [0.2, 0.25) is 0 Å². The lowest BCUT2D eigenvalue weighted by Crippen LogP contribution is -2.16. The predicted molar refractivity (Wildman–Crippen MR) is 72.8 cm³/mol. The van der Waals surface area contributed by atoms with Crippen LogP contribution in [0, 0.1) is 5.92 Å². The number of carbonyl (C=O) groups excluding carboxylic acids is 1. The lowest BCUT2D eigenvalue weighted by Gasteiger charge is -2.12. The fraction of sp³-hybridized carbons (Fsp3) is 0.562. The maximum atomic E-state index is 12.1. The summed E-state index contributed by atoms with van der Waals surface area (Å²) in [5.74, 6) is 1.55. The molecule has 0 aromatic heterocycles. The van der Waals surface area contributed by atoms with Crippen molar-refractivity contribution in [2.24, 2.45) is 5.92 Å². The molecule has 98 valence electrons. The Morgan fingerprint density at radius 2 is 1.72 bits per heavy atom. The van der Waals surface area contributed by atoms with E-state index in [1.807, 2.05) is 30.3 Å². The highest BCUT2D eigenvalue weighted by atomic mass is 16.5. The van der Waals surface area contributed by atoms with Crippen molar-refractivity contribution in [3.63, 3.8) is 0 Å². The molecule has 0 spiro atoms. The molecule has 0 unspecified atom stereocenters. The van der Waals surface area contributed by atoms with Crippen LogP contribution in [0.4, 0.5) is 0 Å². The van der Waals surface area contributed by atoms with Crippen molar-refractivity contribution in [3.05, 3.63) is 30.3 Å². The van der Waals surface area contributed by atoms with Gasteiger partial charge in [-0.3, -0.25) is 4.79 Å². The SMILES string of the molecule is O=C(CCOc1ccccc1)C1CCCCCC1. The topological polar surface area (TPSA) is 26.3 Å². The van der Waals surface area contributed by atoms with Gasteiger partial charge in [-0.2, -0.15) is 0 Å². The second-order valence-electron chi connectivity index (χ2n) is 5.07. The Kier molecular flexibility index (Phi) is 5.25. The summed E-state index contributed by atoms with van der Waals surface area (Å²) in [6, 6.07) is 9.71. The highest BCUT2D eigenvalue weighted by Crippen LogP contribution is 2.24. The molecule has 0 aliphatic heterocycles. The molecule has 2 nitrogen and oxygen atoms in total. The van der Waals surface area contributed by atoms with Crippen molar-refractivity contribution in [2.75, 3.05) is 6.61 Å². The molecular weight excluding hydrogens is 224 g/mol. The number of rotatable bonds is 5. The maximum absolute atomic E-state index is 12.1. The van der Waals surface area contributed by atoms with Gasteiger partial charge in [0.05, 0.1) is 6.61 Å². The van der Waals surface area contributed by atoms with Crippen LogP contribution in [0.15, 0.2) is 30.3 Å². The van der Waals surface area contributed by atoms with E-state index in [4.69, 9.17) is 4.74 Å². The van der Waals surface area contributed by atoms with Gasteiger partial charge in [-0.05, 0) is 25.0 Å². The third-order valence-corrected chi connectivity index (χ3v) is 3.67. The maximum Gasteiger partial charge on any atom is 0.139 e.